The van der Waals surface area contributed by atoms with Crippen molar-refractivity contribution >= 4 is 33.8 Å². The predicted molar refractivity (Wildman–Crippen MR) is 136 cm³/mol. The van der Waals surface area contributed by atoms with E-state index in [1.165, 1.54) is 97.1 Å². The Hall–Kier alpha value is -4.89. The molecule has 0 N–H and O–H groups in total. The molecule has 0 aliphatic carbocycles. The molecule has 0 fully saturated rings. The molecule has 0 bridgehead atoms. The normalized spacial score (nSPS) is 10.8. The van der Waals surface area contributed by atoms with E-state index in [4.69, 9.17) is 0 Å². The van der Waals surface area contributed by atoms with Crippen LogP contribution in [0.2, 0.25) is 0 Å². The molecule has 9 heteroatoms. The highest BCUT2D eigenvalue weighted by Gasteiger charge is 2.45. The quantitative estimate of drug-likeness (QED) is 0.358. The fourth-order valence-corrected chi connectivity index (χ4v) is 4.90. The Morgan fingerprint density at radius 3 is 0.757 bits per heavy atom. The first-order valence-electron chi connectivity index (χ1n) is 11.1. The fourth-order valence-electron chi connectivity index (χ4n) is 3.48. The summed E-state index contributed by atoms with van der Waals surface area (Å²) in [5, 5.41) is 0. The van der Waals surface area contributed by atoms with Gasteiger partial charge in [0.2, 0.25) is 0 Å². The first-order chi connectivity index (χ1) is 17.8. The van der Waals surface area contributed by atoms with Gasteiger partial charge in [0.25, 0.3) is 23.6 Å². The fraction of sp³-hybridized carbons (Fsp3) is 0. The summed E-state index contributed by atoms with van der Waals surface area (Å²) in [5.74, 6) is -4.88. The third-order valence-corrected chi connectivity index (χ3v) is 6.87. The molecule has 8 nitrogen and oxygen atoms in total. The molecular formula is C28H20N2O6S. The van der Waals surface area contributed by atoms with E-state index in [1.807, 2.05) is 0 Å². The van der Waals surface area contributed by atoms with Gasteiger partial charge in [0.05, 0.1) is 0 Å². The monoisotopic (exact) mass is 512 g/mol. The van der Waals surface area contributed by atoms with E-state index in [-0.39, 0.29) is 30.9 Å². The zero-order chi connectivity index (χ0) is 26.4. The highest BCUT2D eigenvalue weighted by atomic mass is 32.2. The van der Waals surface area contributed by atoms with E-state index in [0.29, 0.717) is 0 Å². The van der Waals surface area contributed by atoms with Gasteiger partial charge in [-0.05, 0) is 48.5 Å². The lowest BCUT2D eigenvalue weighted by Gasteiger charge is -2.28. The molecule has 0 aliphatic heterocycles. The van der Waals surface area contributed by atoms with E-state index < -0.39 is 33.8 Å². The zero-order valence-corrected chi connectivity index (χ0v) is 20.1. The Balaban J connectivity index is 1.92. The van der Waals surface area contributed by atoms with Crippen LogP contribution in [-0.4, -0.2) is 40.7 Å². The van der Waals surface area contributed by atoms with Crippen molar-refractivity contribution in [3.05, 3.63) is 144 Å². The molecule has 0 unspecified atom stereocenters. The Labute approximate surface area is 213 Å². The van der Waals surface area contributed by atoms with E-state index >= 15 is 0 Å². The molecule has 0 atom stereocenters. The van der Waals surface area contributed by atoms with Gasteiger partial charge in [0, 0.05) is 22.3 Å². The molecule has 0 aliphatic rings. The number of amides is 4. The van der Waals surface area contributed by atoms with Crippen LogP contribution >= 0.6 is 0 Å². The number of imide groups is 2. The van der Waals surface area contributed by atoms with Gasteiger partial charge in [-0.25, -0.2) is 0 Å². The first kappa shape index (κ1) is 25.2. The number of hydrogen-bond donors (Lipinski definition) is 0. The third kappa shape index (κ3) is 5.21. The van der Waals surface area contributed by atoms with E-state index in [9.17, 15) is 27.6 Å². The SMILES string of the molecule is O=C(c1ccccc1)N(C(=O)c1ccccc1)S(=O)(=O)N(C(=O)c1ccccc1)C(=O)c1ccccc1. The summed E-state index contributed by atoms with van der Waals surface area (Å²) in [5.41, 5.74) is -0.520. The van der Waals surface area contributed by atoms with E-state index in [1.54, 1.807) is 24.3 Å². The smallest absolute Gasteiger partial charge is 0.267 e. The highest BCUT2D eigenvalue weighted by molar-refractivity contribution is 7.89. The first-order valence-corrected chi connectivity index (χ1v) is 12.4. The van der Waals surface area contributed by atoms with Crippen LogP contribution < -0.4 is 0 Å². The van der Waals surface area contributed by atoms with Crippen molar-refractivity contribution in [2.24, 2.45) is 0 Å². The number of carbonyl (C=O) groups excluding carboxylic acids is 4. The third-order valence-electron chi connectivity index (χ3n) is 5.28. The number of rotatable bonds is 6. The molecule has 0 aromatic heterocycles. The largest absolute Gasteiger partial charge is 0.345 e. The lowest BCUT2D eigenvalue weighted by Crippen LogP contribution is -2.53. The van der Waals surface area contributed by atoms with Gasteiger partial charge in [-0.3, -0.25) is 19.2 Å². The number of nitrogens with zero attached hydrogens (tertiary/aromatic N) is 2. The molecule has 0 spiro atoms. The highest BCUT2D eigenvalue weighted by Crippen LogP contribution is 2.22. The molecule has 0 heterocycles. The minimum absolute atomic E-state index is 0.0423. The Bertz CT molecular complexity index is 1330. The number of carbonyl (C=O) groups is 4. The van der Waals surface area contributed by atoms with Crippen molar-refractivity contribution in [1.29, 1.82) is 0 Å². The predicted octanol–water partition coefficient (Wildman–Crippen LogP) is 4.20. The number of benzene rings is 4. The van der Waals surface area contributed by atoms with Gasteiger partial charge in [0.1, 0.15) is 0 Å². The maximum atomic E-state index is 14.1. The molecule has 0 saturated heterocycles. The van der Waals surface area contributed by atoms with Crippen molar-refractivity contribution in [2.45, 2.75) is 0 Å². The second kappa shape index (κ2) is 10.8. The Kier molecular flexibility index (Phi) is 7.36. The zero-order valence-electron chi connectivity index (χ0n) is 19.3. The Morgan fingerprint density at radius 1 is 0.378 bits per heavy atom. The molecule has 0 saturated carbocycles. The van der Waals surface area contributed by atoms with Crippen molar-refractivity contribution in [3.63, 3.8) is 0 Å². The molecule has 184 valence electrons. The summed E-state index contributed by atoms with van der Waals surface area (Å²) in [6.45, 7) is 0. The van der Waals surface area contributed by atoms with Crippen LogP contribution in [0.1, 0.15) is 41.4 Å². The van der Waals surface area contributed by atoms with Gasteiger partial charge >= 0.3 is 10.2 Å². The van der Waals surface area contributed by atoms with Gasteiger partial charge in [-0.2, -0.15) is 8.42 Å². The van der Waals surface area contributed by atoms with Gasteiger partial charge < -0.3 is 0 Å². The molecule has 4 amide bonds. The van der Waals surface area contributed by atoms with Crippen LogP contribution in [0.5, 0.6) is 0 Å². The number of hydrogen-bond acceptors (Lipinski definition) is 6. The average molecular weight is 513 g/mol. The maximum Gasteiger partial charge on any atom is 0.345 e. The van der Waals surface area contributed by atoms with Crippen LogP contribution in [0.25, 0.3) is 0 Å². The minimum Gasteiger partial charge on any atom is -0.267 e. The molecule has 37 heavy (non-hydrogen) atoms. The van der Waals surface area contributed by atoms with E-state index in [2.05, 4.69) is 0 Å². The molecule has 4 aromatic rings. The van der Waals surface area contributed by atoms with Crippen molar-refractivity contribution < 1.29 is 27.6 Å². The van der Waals surface area contributed by atoms with Crippen LogP contribution in [0.3, 0.4) is 0 Å². The van der Waals surface area contributed by atoms with Crippen LogP contribution in [0.4, 0.5) is 0 Å². The summed E-state index contributed by atoms with van der Waals surface area (Å²) < 4.78 is 28.0. The summed E-state index contributed by atoms with van der Waals surface area (Å²) in [6, 6.07) is 29.0. The second-order valence-corrected chi connectivity index (χ2v) is 9.35. The van der Waals surface area contributed by atoms with Crippen LogP contribution in [-0.2, 0) is 10.2 Å². The van der Waals surface area contributed by atoms with Crippen molar-refractivity contribution in [1.82, 2.24) is 8.61 Å². The summed E-state index contributed by atoms with van der Waals surface area (Å²) in [4.78, 5) is 54.0. The van der Waals surface area contributed by atoms with E-state index in [0.717, 1.165) is 0 Å². The standard InChI is InChI=1S/C28H20N2O6S/c31-25(21-13-5-1-6-14-21)29(26(32)22-15-7-2-8-16-22)37(35,36)30(27(33)23-17-9-3-10-18-23)28(34)24-19-11-4-12-20-24/h1-20H. The van der Waals surface area contributed by atoms with Crippen molar-refractivity contribution in [2.75, 3.05) is 0 Å². The van der Waals surface area contributed by atoms with Gasteiger partial charge in [-0.1, -0.05) is 72.8 Å². The van der Waals surface area contributed by atoms with Crippen LogP contribution in [0, 0.1) is 0 Å². The summed E-state index contributed by atoms with van der Waals surface area (Å²) in [6.07, 6.45) is 0. The minimum atomic E-state index is -5.38. The van der Waals surface area contributed by atoms with Crippen LogP contribution in [0.15, 0.2) is 121 Å². The molecule has 4 rings (SSSR count). The molecular weight excluding hydrogens is 492 g/mol. The summed E-state index contributed by atoms with van der Waals surface area (Å²) in [7, 11) is -5.38. The lowest BCUT2D eigenvalue weighted by molar-refractivity contribution is 0.0691. The topological polar surface area (TPSA) is 109 Å². The average Bonchev–Trinajstić information content (AvgIpc) is 2.94. The summed E-state index contributed by atoms with van der Waals surface area (Å²) >= 11 is 0. The lowest BCUT2D eigenvalue weighted by atomic mass is 10.2. The molecule has 4 aromatic carbocycles. The maximum absolute atomic E-state index is 14.1. The van der Waals surface area contributed by atoms with Gasteiger partial charge in [0.15, 0.2) is 0 Å². The Morgan fingerprint density at radius 2 is 0.568 bits per heavy atom. The molecule has 0 radical (unpaired) electrons. The second-order valence-electron chi connectivity index (χ2n) is 7.72. The van der Waals surface area contributed by atoms with Crippen molar-refractivity contribution in [3.8, 4) is 0 Å². The van der Waals surface area contributed by atoms with Gasteiger partial charge in [-0.15, -0.1) is 8.61 Å².